The fourth-order valence-corrected chi connectivity index (χ4v) is 0.846. The van der Waals surface area contributed by atoms with Gasteiger partial charge in [-0.25, -0.2) is 0 Å². The predicted molar refractivity (Wildman–Crippen MR) is 57.6 cm³/mol. The third-order valence-corrected chi connectivity index (χ3v) is 1.68. The summed E-state index contributed by atoms with van der Waals surface area (Å²) in [5, 5.41) is 2.77. The van der Waals surface area contributed by atoms with Crippen LogP contribution in [0.5, 0.6) is 0 Å². The summed E-state index contributed by atoms with van der Waals surface area (Å²) in [4.78, 5) is 13.5. The molecular weight excluding hydrogens is 186 g/mol. The molecule has 0 radical (unpaired) electrons. The van der Waals surface area contributed by atoms with Crippen molar-refractivity contribution in [1.82, 2.24) is 10.2 Å². The lowest BCUT2D eigenvalue weighted by Gasteiger charge is -2.09. The van der Waals surface area contributed by atoms with Gasteiger partial charge in [0, 0.05) is 25.9 Å². The lowest BCUT2D eigenvalue weighted by Crippen LogP contribution is -2.31. The van der Waals surface area contributed by atoms with Crippen LogP contribution < -0.4 is 11.1 Å². The third kappa shape index (κ3) is 9.23. The first-order valence-corrected chi connectivity index (χ1v) is 4.63. The Labute approximate surface area is 84.5 Å². The second-order valence-corrected chi connectivity index (χ2v) is 3.64. The number of likely N-dealkylation sites (N-methyl/N-ethyl adjacent to an activating group) is 1. The van der Waals surface area contributed by atoms with Crippen LogP contribution in [0.25, 0.3) is 0 Å². The van der Waals surface area contributed by atoms with E-state index in [4.69, 9.17) is 5.73 Å². The third-order valence-electron chi connectivity index (χ3n) is 1.48. The number of hydrogen-bond acceptors (Lipinski definition) is 3. The van der Waals surface area contributed by atoms with Gasteiger partial charge in [-0.05, 0) is 14.1 Å². The topological polar surface area (TPSA) is 58.4 Å². The Morgan fingerprint density at radius 3 is 2.54 bits per heavy atom. The van der Waals surface area contributed by atoms with E-state index in [0.29, 0.717) is 24.4 Å². The van der Waals surface area contributed by atoms with Crippen LogP contribution in [0.15, 0.2) is 0 Å². The SMILES string of the molecule is CN(C)CCNC(=O)CCC(N)=S. The van der Waals surface area contributed by atoms with E-state index in [2.05, 4.69) is 17.5 Å². The maximum Gasteiger partial charge on any atom is 0.220 e. The van der Waals surface area contributed by atoms with E-state index in [1.54, 1.807) is 0 Å². The quantitative estimate of drug-likeness (QED) is 0.584. The number of carbonyl (C=O) groups excluding carboxylic acids is 1. The lowest BCUT2D eigenvalue weighted by molar-refractivity contribution is -0.120. The van der Waals surface area contributed by atoms with E-state index in [0.717, 1.165) is 6.54 Å². The predicted octanol–water partition coefficient (Wildman–Crippen LogP) is -0.269. The summed E-state index contributed by atoms with van der Waals surface area (Å²) in [6, 6.07) is 0. The number of nitrogens with one attached hydrogen (secondary N) is 1. The summed E-state index contributed by atoms with van der Waals surface area (Å²) in [5.41, 5.74) is 5.26. The van der Waals surface area contributed by atoms with Gasteiger partial charge in [-0.15, -0.1) is 0 Å². The van der Waals surface area contributed by atoms with Gasteiger partial charge in [0.1, 0.15) is 0 Å². The van der Waals surface area contributed by atoms with Crippen molar-refractivity contribution in [2.45, 2.75) is 12.8 Å². The number of nitrogens with two attached hydrogens (primary N) is 1. The highest BCUT2D eigenvalue weighted by Crippen LogP contribution is 1.88. The molecule has 0 aromatic heterocycles. The van der Waals surface area contributed by atoms with E-state index >= 15 is 0 Å². The van der Waals surface area contributed by atoms with Crippen molar-refractivity contribution in [3.63, 3.8) is 0 Å². The molecule has 0 aromatic rings. The summed E-state index contributed by atoms with van der Waals surface area (Å²) < 4.78 is 0. The van der Waals surface area contributed by atoms with E-state index in [-0.39, 0.29) is 5.91 Å². The van der Waals surface area contributed by atoms with Gasteiger partial charge >= 0.3 is 0 Å². The van der Waals surface area contributed by atoms with Crippen LogP contribution in [0, 0.1) is 0 Å². The van der Waals surface area contributed by atoms with Gasteiger partial charge in [-0.3, -0.25) is 4.79 Å². The van der Waals surface area contributed by atoms with Crippen molar-refractivity contribution in [1.29, 1.82) is 0 Å². The van der Waals surface area contributed by atoms with E-state index in [9.17, 15) is 4.79 Å². The van der Waals surface area contributed by atoms with Crippen LogP contribution >= 0.6 is 12.2 Å². The van der Waals surface area contributed by atoms with Crippen molar-refractivity contribution in [2.75, 3.05) is 27.2 Å². The monoisotopic (exact) mass is 203 g/mol. The molecule has 0 heterocycles. The van der Waals surface area contributed by atoms with Gasteiger partial charge in [0.05, 0.1) is 4.99 Å². The maximum atomic E-state index is 11.1. The molecule has 1 amide bonds. The molecule has 0 aromatic carbocycles. The molecule has 0 unspecified atom stereocenters. The Morgan fingerprint density at radius 1 is 1.46 bits per heavy atom. The zero-order chi connectivity index (χ0) is 10.3. The standard InChI is InChI=1S/C8H17N3OS/c1-11(2)6-5-10-8(12)4-3-7(9)13/h3-6H2,1-2H3,(H2,9,13)(H,10,12). The van der Waals surface area contributed by atoms with E-state index in [1.165, 1.54) is 0 Å². The summed E-state index contributed by atoms with van der Waals surface area (Å²) in [6.45, 7) is 1.52. The van der Waals surface area contributed by atoms with Crippen molar-refractivity contribution in [3.05, 3.63) is 0 Å². The molecule has 0 bridgehead atoms. The minimum Gasteiger partial charge on any atom is -0.393 e. The van der Waals surface area contributed by atoms with Gasteiger partial charge in [-0.1, -0.05) is 12.2 Å². The number of rotatable bonds is 6. The Kier molecular flexibility index (Phi) is 6.44. The zero-order valence-corrected chi connectivity index (χ0v) is 8.99. The van der Waals surface area contributed by atoms with E-state index in [1.807, 2.05) is 19.0 Å². The lowest BCUT2D eigenvalue weighted by atomic mass is 10.3. The van der Waals surface area contributed by atoms with Crippen LogP contribution in [0.3, 0.4) is 0 Å². The number of hydrogen-bond donors (Lipinski definition) is 2. The highest BCUT2D eigenvalue weighted by atomic mass is 32.1. The van der Waals surface area contributed by atoms with Crippen LogP contribution in [0.2, 0.25) is 0 Å². The van der Waals surface area contributed by atoms with Crippen LogP contribution in [-0.4, -0.2) is 43.0 Å². The normalized spacial score (nSPS) is 10.1. The zero-order valence-electron chi connectivity index (χ0n) is 8.17. The molecule has 0 aliphatic rings. The Morgan fingerprint density at radius 2 is 2.08 bits per heavy atom. The summed E-state index contributed by atoms with van der Waals surface area (Å²) in [5.74, 6) is 0.00894. The molecule has 3 N–H and O–H groups in total. The largest absolute Gasteiger partial charge is 0.393 e. The van der Waals surface area contributed by atoms with Crippen molar-refractivity contribution >= 4 is 23.1 Å². The number of thiocarbonyl (C=S) groups is 1. The molecule has 0 fully saturated rings. The molecule has 0 saturated carbocycles. The summed E-state index contributed by atoms with van der Waals surface area (Å²) in [6.07, 6.45) is 0.881. The molecule has 0 aliphatic heterocycles. The average molecular weight is 203 g/mol. The minimum absolute atomic E-state index is 0.00894. The maximum absolute atomic E-state index is 11.1. The first-order valence-electron chi connectivity index (χ1n) is 4.22. The van der Waals surface area contributed by atoms with Gasteiger partial charge in [-0.2, -0.15) is 0 Å². The molecule has 0 atom stereocenters. The molecule has 4 nitrogen and oxygen atoms in total. The Bertz CT molecular complexity index is 182. The molecule has 0 spiro atoms. The molecule has 0 aliphatic carbocycles. The van der Waals surface area contributed by atoms with E-state index < -0.39 is 0 Å². The molecule has 0 saturated heterocycles. The van der Waals surface area contributed by atoms with Crippen molar-refractivity contribution in [3.8, 4) is 0 Å². The molecule has 76 valence electrons. The smallest absolute Gasteiger partial charge is 0.220 e. The first-order chi connectivity index (χ1) is 6.02. The van der Waals surface area contributed by atoms with Crippen LogP contribution in [0.1, 0.15) is 12.8 Å². The fourth-order valence-electron chi connectivity index (χ4n) is 0.744. The minimum atomic E-state index is 0.00894. The summed E-state index contributed by atoms with van der Waals surface area (Å²) in [7, 11) is 3.92. The van der Waals surface area contributed by atoms with Gasteiger partial charge in [0.25, 0.3) is 0 Å². The van der Waals surface area contributed by atoms with Gasteiger partial charge in [0.2, 0.25) is 5.91 Å². The average Bonchev–Trinajstić information content (AvgIpc) is 2.00. The second kappa shape index (κ2) is 6.80. The van der Waals surface area contributed by atoms with Gasteiger partial charge in [0.15, 0.2) is 0 Å². The molecular formula is C8H17N3OS. The van der Waals surface area contributed by atoms with Crippen molar-refractivity contribution in [2.24, 2.45) is 5.73 Å². The van der Waals surface area contributed by atoms with Crippen molar-refractivity contribution < 1.29 is 4.79 Å². The number of amides is 1. The highest BCUT2D eigenvalue weighted by Gasteiger charge is 2.01. The first kappa shape index (κ1) is 12.3. The second-order valence-electron chi connectivity index (χ2n) is 3.12. The molecule has 0 rings (SSSR count). The van der Waals surface area contributed by atoms with Crippen LogP contribution in [0.4, 0.5) is 0 Å². The number of carbonyl (C=O) groups is 1. The Balaban J connectivity index is 3.36. The van der Waals surface area contributed by atoms with Crippen LogP contribution in [-0.2, 0) is 4.79 Å². The molecule has 13 heavy (non-hydrogen) atoms. The van der Waals surface area contributed by atoms with Gasteiger partial charge < -0.3 is 16.0 Å². The highest BCUT2D eigenvalue weighted by molar-refractivity contribution is 7.80. The Hall–Kier alpha value is -0.680. The fraction of sp³-hybridized carbons (Fsp3) is 0.750. The summed E-state index contributed by atoms with van der Waals surface area (Å²) >= 11 is 4.66. The number of nitrogens with zero attached hydrogens (tertiary/aromatic N) is 1. The molecule has 5 heteroatoms.